The van der Waals surface area contributed by atoms with E-state index in [1.165, 1.54) is 0 Å². The van der Waals surface area contributed by atoms with Gasteiger partial charge in [0.25, 0.3) is 0 Å². The number of aryl methyl sites for hydroxylation is 1. The minimum absolute atomic E-state index is 0.214. The van der Waals surface area contributed by atoms with Crippen LogP contribution in [0, 0.1) is 6.92 Å². The Kier molecular flexibility index (Phi) is 10.4. The number of carbonyl (C=O) groups excluding carboxylic acids is 1. The van der Waals surface area contributed by atoms with Crippen LogP contribution in [0.2, 0.25) is 0 Å². The molecule has 0 saturated carbocycles. The summed E-state index contributed by atoms with van der Waals surface area (Å²) in [6.45, 7) is 6.41. The molecule has 0 aliphatic rings. The fourth-order valence-electron chi connectivity index (χ4n) is 4.22. The van der Waals surface area contributed by atoms with E-state index >= 15 is 0 Å². The van der Waals surface area contributed by atoms with E-state index < -0.39 is 18.0 Å². The van der Waals surface area contributed by atoms with Gasteiger partial charge in [0, 0.05) is 35.3 Å². The molecule has 0 saturated heterocycles. The van der Waals surface area contributed by atoms with Crippen LogP contribution >= 0.6 is 0 Å². The topological polar surface area (TPSA) is 138 Å². The summed E-state index contributed by atoms with van der Waals surface area (Å²) in [6, 6.07) is 23.4. The van der Waals surface area contributed by atoms with E-state index in [9.17, 15) is 9.59 Å². The van der Waals surface area contributed by atoms with Crippen LogP contribution in [0.25, 0.3) is 11.4 Å². The highest BCUT2D eigenvalue weighted by Crippen LogP contribution is 2.26. The maximum atomic E-state index is 12.5. The number of aliphatic carboxylic acids is 1. The van der Waals surface area contributed by atoms with E-state index in [0.29, 0.717) is 48.8 Å². The van der Waals surface area contributed by atoms with E-state index in [-0.39, 0.29) is 6.61 Å². The minimum Gasteiger partial charge on any atom is -0.493 e. The number of rotatable bonds is 14. The van der Waals surface area contributed by atoms with Crippen molar-refractivity contribution in [3.05, 3.63) is 114 Å². The summed E-state index contributed by atoms with van der Waals surface area (Å²) in [6.07, 6.45) is 3.32. The molecule has 0 radical (unpaired) electrons. The van der Waals surface area contributed by atoms with Crippen LogP contribution in [-0.2, 0) is 22.4 Å². The Morgan fingerprint density at radius 2 is 1.71 bits per heavy atom. The second kappa shape index (κ2) is 14.6. The number of aromatic nitrogens is 2. The first-order chi connectivity index (χ1) is 20.3. The van der Waals surface area contributed by atoms with Crippen LogP contribution in [0.5, 0.6) is 5.75 Å². The summed E-state index contributed by atoms with van der Waals surface area (Å²) in [7, 11) is 0. The Hall–Kier alpha value is -5.02. The van der Waals surface area contributed by atoms with Crippen LogP contribution in [0.15, 0.2) is 91.5 Å². The summed E-state index contributed by atoms with van der Waals surface area (Å²) < 4.78 is 11.1. The minimum atomic E-state index is -0.926. The normalized spacial score (nSPS) is 11.4. The number of allylic oxidation sites excluding steroid dienone is 1. The SMILES string of the molecule is C=CCc1c(C)nc(-c2ccccc2)nc1Nc1ccc(C(=O)OCCCOc2ccc(C[C@H]([NH3+])C(=O)O)cc2)cc1. The van der Waals surface area contributed by atoms with Crippen molar-refractivity contribution in [1.82, 2.24) is 9.97 Å². The van der Waals surface area contributed by atoms with Gasteiger partial charge >= 0.3 is 11.9 Å². The van der Waals surface area contributed by atoms with Gasteiger partial charge < -0.3 is 25.6 Å². The molecular formula is C33H35N4O5+. The van der Waals surface area contributed by atoms with E-state index in [1.54, 1.807) is 24.3 Å². The number of carbonyl (C=O) groups is 2. The molecule has 0 amide bonds. The van der Waals surface area contributed by atoms with E-state index in [4.69, 9.17) is 19.6 Å². The average molecular weight is 568 g/mol. The fourth-order valence-corrected chi connectivity index (χ4v) is 4.22. The van der Waals surface area contributed by atoms with Crippen molar-refractivity contribution in [2.75, 3.05) is 18.5 Å². The summed E-state index contributed by atoms with van der Waals surface area (Å²) in [5, 5.41) is 12.4. The molecule has 9 nitrogen and oxygen atoms in total. The second-order valence-electron chi connectivity index (χ2n) is 9.74. The van der Waals surface area contributed by atoms with Crippen molar-refractivity contribution in [3.8, 4) is 17.1 Å². The van der Waals surface area contributed by atoms with Gasteiger partial charge in [-0.25, -0.2) is 19.6 Å². The lowest BCUT2D eigenvalue weighted by Crippen LogP contribution is -2.65. The van der Waals surface area contributed by atoms with E-state index in [0.717, 1.165) is 28.1 Å². The fraction of sp³-hybridized carbons (Fsp3) is 0.212. The quantitative estimate of drug-likeness (QED) is 0.112. The Balaban J connectivity index is 1.28. The van der Waals surface area contributed by atoms with Gasteiger partial charge in [-0.15, -0.1) is 6.58 Å². The molecular weight excluding hydrogens is 532 g/mol. The van der Waals surface area contributed by atoms with Crippen LogP contribution in [0.3, 0.4) is 0 Å². The first-order valence-electron chi connectivity index (χ1n) is 13.7. The lowest BCUT2D eigenvalue weighted by molar-refractivity contribution is -0.407. The molecule has 5 N–H and O–H groups in total. The van der Waals surface area contributed by atoms with Gasteiger partial charge in [-0.05, 0) is 55.3 Å². The number of hydrogen-bond donors (Lipinski definition) is 3. The zero-order chi connectivity index (χ0) is 29.9. The van der Waals surface area contributed by atoms with Crippen molar-refractivity contribution in [1.29, 1.82) is 0 Å². The lowest BCUT2D eigenvalue weighted by atomic mass is 10.1. The molecule has 3 aromatic carbocycles. The van der Waals surface area contributed by atoms with E-state index in [1.807, 2.05) is 67.6 Å². The third kappa shape index (κ3) is 8.25. The molecule has 0 fully saturated rings. The number of anilines is 2. The highest BCUT2D eigenvalue weighted by atomic mass is 16.5. The van der Waals surface area contributed by atoms with Crippen molar-refractivity contribution < 1.29 is 29.9 Å². The van der Waals surface area contributed by atoms with Gasteiger partial charge in [0.05, 0.1) is 18.8 Å². The molecule has 4 rings (SSSR count). The van der Waals surface area contributed by atoms with Crippen LogP contribution in [0.1, 0.15) is 33.6 Å². The number of esters is 1. The number of nitrogens with one attached hydrogen (secondary N) is 1. The molecule has 1 aromatic heterocycles. The molecule has 0 aliphatic carbocycles. The smallest absolute Gasteiger partial charge is 0.362 e. The number of hydrogen-bond acceptors (Lipinski definition) is 7. The van der Waals surface area contributed by atoms with Gasteiger partial charge in [-0.2, -0.15) is 0 Å². The second-order valence-corrected chi connectivity index (χ2v) is 9.74. The van der Waals surface area contributed by atoms with Crippen molar-refractivity contribution in [3.63, 3.8) is 0 Å². The van der Waals surface area contributed by atoms with Crippen LogP contribution in [-0.4, -0.2) is 46.3 Å². The standard InChI is InChI=1S/C33H34N4O5/c1-3-8-28-22(2)35-30(24-9-5-4-6-10-24)37-31(28)36-26-15-13-25(14-16-26)33(40)42-20-7-19-41-27-17-11-23(12-18-27)21-29(34)32(38)39/h3-6,9-18,29H,1,7-8,19-21,34H2,2H3,(H,38,39)(H,35,36,37)/p+1/t29-/m0/s1. The van der Waals surface area contributed by atoms with Crippen molar-refractivity contribution >= 4 is 23.4 Å². The van der Waals surface area contributed by atoms with Crippen LogP contribution < -0.4 is 15.8 Å². The number of benzene rings is 3. The predicted molar refractivity (Wildman–Crippen MR) is 161 cm³/mol. The van der Waals surface area contributed by atoms with E-state index in [2.05, 4.69) is 22.6 Å². The molecule has 216 valence electrons. The number of ether oxygens (including phenoxy) is 2. The summed E-state index contributed by atoms with van der Waals surface area (Å²) in [4.78, 5) is 33.0. The Bertz CT molecular complexity index is 1510. The highest BCUT2D eigenvalue weighted by Gasteiger charge is 2.16. The predicted octanol–water partition coefficient (Wildman–Crippen LogP) is 4.79. The Labute approximate surface area is 245 Å². The van der Waals surface area contributed by atoms with Crippen LogP contribution in [0.4, 0.5) is 11.5 Å². The molecule has 0 unspecified atom stereocenters. The molecule has 4 aromatic rings. The summed E-state index contributed by atoms with van der Waals surface area (Å²) in [5.74, 6) is 0.648. The Morgan fingerprint density at radius 1 is 1.00 bits per heavy atom. The highest BCUT2D eigenvalue weighted by molar-refractivity contribution is 5.90. The number of nitrogens with zero attached hydrogens (tertiary/aromatic N) is 2. The largest absolute Gasteiger partial charge is 0.493 e. The van der Waals surface area contributed by atoms with Gasteiger partial charge in [-0.3, -0.25) is 0 Å². The molecule has 0 spiro atoms. The number of carboxylic acids is 1. The molecule has 1 atom stereocenters. The van der Waals surface area contributed by atoms with Gasteiger partial charge in [0.15, 0.2) is 11.9 Å². The monoisotopic (exact) mass is 567 g/mol. The zero-order valence-electron chi connectivity index (χ0n) is 23.6. The molecule has 9 heteroatoms. The van der Waals surface area contributed by atoms with Gasteiger partial charge in [0.1, 0.15) is 11.6 Å². The van der Waals surface area contributed by atoms with Gasteiger partial charge in [-0.1, -0.05) is 48.5 Å². The Morgan fingerprint density at radius 3 is 2.38 bits per heavy atom. The first kappa shape index (κ1) is 30.0. The zero-order valence-corrected chi connectivity index (χ0v) is 23.6. The maximum absolute atomic E-state index is 12.5. The third-order valence-corrected chi connectivity index (χ3v) is 6.52. The molecule has 0 aliphatic heterocycles. The van der Waals surface area contributed by atoms with Gasteiger partial charge in [0.2, 0.25) is 0 Å². The van der Waals surface area contributed by atoms with Crippen molar-refractivity contribution in [2.24, 2.45) is 0 Å². The molecule has 1 heterocycles. The number of carboxylic acid groups (broad SMARTS) is 1. The third-order valence-electron chi connectivity index (χ3n) is 6.52. The molecule has 42 heavy (non-hydrogen) atoms. The molecule has 0 bridgehead atoms. The first-order valence-corrected chi connectivity index (χ1v) is 13.7. The summed E-state index contributed by atoms with van der Waals surface area (Å²) in [5.41, 5.74) is 8.47. The summed E-state index contributed by atoms with van der Waals surface area (Å²) >= 11 is 0. The number of quaternary nitrogens is 1. The van der Waals surface area contributed by atoms with Crippen molar-refractivity contribution in [2.45, 2.75) is 32.2 Å². The average Bonchev–Trinajstić information content (AvgIpc) is 3.00. The lowest BCUT2D eigenvalue weighted by Gasteiger charge is -2.14. The maximum Gasteiger partial charge on any atom is 0.362 e.